The predicted molar refractivity (Wildman–Crippen MR) is 70.0 cm³/mol. The lowest BCUT2D eigenvalue weighted by atomic mass is 10.1. The van der Waals surface area contributed by atoms with Crippen LogP contribution in [0.15, 0.2) is 18.3 Å². The van der Waals surface area contributed by atoms with Crippen LogP contribution in [0.5, 0.6) is 0 Å². The quantitative estimate of drug-likeness (QED) is 0.881. The Hall–Kier alpha value is -1.42. The maximum Gasteiger partial charge on any atom is 0.160 e. The molecule has 2 aromatic heterocycles. The molecule has 0 aliphatic rings. The minimum absolute atomic E-state index is 0.312. The molecule has 2 N–H and O–H groups in total. The first-order valence-electron chi connectivity index (χ1n) is 6.22. The molecular weight excluding hydrogens is 212 g/mol. The fraction of sp³-hybridized carbons (Fsp3) is 0.538. The first-order chi connectivity index (χ1) is 8.19. The van der Waals surface area contributed by atoms with Gasteiger partial charge in [-0.15, -0.1) is 0 Å². The van der Waals surface area contributed by atoms with Crippen LogP contribution >= 0.6 is 0 Å². The second-order valence-corrected chi connectivity index (χ2v) is 4.62. The molecule has 0 bridgehead atoms. The first-order valence-corrected chi connectivity index (χ1v) is 6.22. The second-order valence-electron chi connectivity index (χ2n) is 4.62. The normalized spacial score (nSPS) is 13.5. The van der Waals surface area contributed by atoms with E-state index in [0.29, 0.717) is 18.5 Å². The van der Waals surface area contributed by atoms with Gasteiger partial charge in [0.25, 0.3) is 0 Å². The van der Waals surface area contributed by atoms with Gasteiger partial charge in [-0.25, -0.2) is 9.97 Å². The predicted octanol–water partition coefficient (Wildman–Crippen LogP) is 2.46. The highest BCUT2D eigenvalue weighted by Crippen LogP contribution is 2.25. The maximum absolute atomic E-state index is 5.83. The van der Waals surface area contributed by atoms with Crippen LogP contribution in [0.3, 0.4) is 0 Å². The summed E-state index contributed by atoms with van der Waals surface area (Å²) < 4.78 is 2.20. The highest BCUT2D eigenvalue weighted by molar-refractivity contribution is 5.71. The summed E-state index contributed by atoms with van der Waals surface area (Å²) in [7, 11) is 0. The molecule has 0 amide bonds. The molecule has 92 valence electrons. The molecule has 0 aliphatic carbocycles. The van der Waals surface area contributed by atoms with Crippen LogP contribution in [0.4, 0.5) is 0 Å². The lowest BCUT2D eigenvalue weighted by Gasteiger charge is -2.17. The summed E-state index contributed by atoms with van der Waals surface area (Å²) in [4.78, 5) is 9.13. The average Bonchev–Trinajstić information content (AvgIpc) is 2.69. The first kappa shape index (κ1) is 12.0. The Kier molecular flexibility index (Phi) is 3.43. The smallest absolute Gasteiger partial charge is 0.160 e. The molecule has 0 saturated carbocycles. The van der Waals surface area contributed by atoms with E-state index in [4.69, 9.17) is 10.7 Å². The molecule has 2 heterocycles. The van der Waals surface area contributed by atoms with E-state index in [9.17, 15) is 0 Å². The number of hydrogen-bond donors (Lipinski definition) is 1. The van der Waals surface area contributed by atoms with E-state index >= 15 is 0 Å². The highest BCUT2D eigenvalue weighted by Gasteiger charge is 2.19. The van der Waals surface area contributed by atoms with Crippen molar-refractivity contribution in [2.75, 3.05) is 6.54 Å². The SMILES string of the molecule is CCC(CN)c1nc2cccnc2n1C(C)C. The van der Waals surface area contributed by atoms with Crippen molar-refractivity contribution in [2.24, 2.45) is 5.73 Å². The molecule has 0 aromatic carbocycles. The zero-order valence-corrected chi connectivity index (χ0v) is 10.7. The fourth-order valence-electron chi connectivity index (χ4n) is 2.20. The molecular formula is C13H20N4. The molecule has 2 aromatic rings. The van der Waals surface area contributed by atoms with E-state index in [2.05, 4.69) is 30.3 Å². The van der Waals surface area contributed by atoms with Crippen LogP contribution in [-0.4, -0.2) is 21.1 Å². The van der Waals surface area contributed by atoms with Gasteiger partial charge < -0.3 is 10.3 Å². The van der Waals surface area contributed by atoms with Gasteiger partial charge in [0.15, 0.2) is 5.65 Å². The molecule has 1 atom stereocenters. The molecule has 0 spiro atoms. The number of hydrogen-bond acceptors (Lipinski definition) is 3. The maximum atomic E-state index is 5.83. The molecule has 4 nitrogen and oxygen atoms in total. The Morgan fingerprint density at radius 2 is 2.18 bits per heavy atom. The summed E-state index contributed by atoms with van der Waals surface area (Å²) in [6.07, 6.45) is 2.82. The molecule has 0 radical (unpaired) electrons. The number of nitrogens with zero attached hydrogens (tertiary/aromatic N) is 3. The molecule has 17 heavy (non-hydrogen) atoms. The number of nitrogens with two attached hydrogens (primary N) is 1. The largest absolute Gasteiger partial charge is 0.330 e. The Labute approximate surface area is 102 Å². The average molecular weight is 232 g/mol. The van der Waals surface area contributed by atoms with Gasteiger partial charge in [0, 0.05) is 24.7 Å². The van der Waals surface area contributed by atoms with Crippen molar-refractivity contribution in [3.05, 3.63) is 24.2 Å². The van der Waals surface area contributed by atoms with Crippen LogP contribution in [-0.2, 0) is 0 Å². The van der Waals surface area contributed by atoms with Gasteiger partial charge in [0.2, 0.25) is 0 Å². The van der Waals surface area contributed by atoms with E-state index in [1.54, 1.807) is 0 Å². The number of pyridine rings is 1. The molecule has 1 unspecified atom stereocenters. The van der Waals surface area contributed by atoms with Crippen molar-refractivity contribution in [3.8, 4) is 0 Å². The van der Waals surface area contributed by atoms with Gasteiger partial charge in [0.1, 0.15) is 11.3 Å². The third-order valence-electron chi connectivity index (χ3n) is 3.13. The molecule has 0 fully saturated rings. The van der Waals surface area contributed by atoms with Gasteiger partial charge >= 0.3 is 0 Å². The zero-order chi connectivity index (χ0) is 12.4. The summed E-state index contributed by atoms with van der Waals surface area (Å²) >= 11 is 0. The Morgan fingerprint density at radius 1 is 1.41 bits per heavy atom. The van der Waals surface area contributed by atoms with Crippen molar-refractivity contribution in [3.63, 3.8) is 0 Å². The van der Waals surface area contributed by atoms with E-state index in [-0.39, 0.29) is 0 Å². The highest BCUT2D eigenvalue weighted by atomic mass is 15.1. The minimum Gasteiger partial charge on any atom is -0.330 e. The number of imidazole rings is 1. The van der Waals surface area contributed by atoms with E-state index in [1.165, 1.54) is 0 Å². The van der Waals surface area contributed by atoms with Crippen LogP contribution in [0.1, 0.15) is 45.0 Å². The zero-order valence-electron chi connectivity index (χ0n) is 10.7. The van der Waals surface area contributed by atoms with Crippen molar-refractivity contribution in [1.82, 2.24) is 14.5 Å². The molecule has 4 heteroatoms. The summed E-state index contributed by atoms with van der Waals surface area (Å²) in [5.74, 6) is 1.38. The summed E-state index contributed by atoms with van der Waals surface area (Å²) in [6.45, 7) is 7.09. The van der Waals surface area contributed by atoms with Crippen LogP contribution in [0, 0.1) is 0 Å². The number of fused-ring (bicyclic) bond motifs is 1. The lowest BCUT2D eigenvalue weighted by Crippen LogP contribution is -2.18. The number of aromatic nitrogens is 3. The van der Waals surface area contributed by atoms with Crippen molar-refractivity contribution < 1.29 is 0 Å². The van der Waals surface area contributed by atoms with Gasteiger partial charge in [-0.3, -0.25) is 0 Å². The Morgan fingerprint density at radius 3 is 2.76 bits per heavy atom. The Balaban J connectivity index is 2.65. The van der Waals surface area contributed by atoms with E-state index in [0.717, 1.165) is 23.4 Å². The van der Waals surface area contributed by atoms with Gasteiger partial charge in [-0.05, 0) is 32.4 Å². The van der Waals surface area contributed by atoms with Crippen molar-refractivity contribution >= 4 is 11.2 Å². The lowest BCUT2D eigenvalue weighted by molar-refractivity contribution is 0.527. The summed E-state index contributed by atoms with van der Waals surface area (Å²) in [5.41, 5.74) is 7.76. The third kappa shape index (κ3) is 2.05. The molecule has 2 rings (SSSR count). The topological polar surface area (TPSA) is 56.7 Å². The molecule has 0 saturated heterocycles. The fourth-order valence-corrected chi connectivity index (χ4v) is 2.20. The van der Waals surface area contributed by atoms with E-state index < -0.39 is 0 Å². The van der Waals surface area contributed by atoms with Crippen LogP contribution < -0.4 is 5.73 Å². The third-order valence-corrected chi connectivity index (χ3v) is 3.13. The second kappa shape index (κ2) is 4.84. The monoisotopic (exact) mass is 232 g/mol. The van der Waals surface area contributed by atoms with Crippen LogP contribution in [0.2, 0.25) is 0 Å². The number of rotatable bonds is 4. The Bertz CT molecular complexity index is 497. The van der Waals surface area contributed by atoms with Crippen molar-refractivity contribution in [2.45, 2.75) is 39.2 Å². The summed E-state index contributed by atoms with van der Waals surface area (Å²) in [5, 5.41) is 0. The molecule has 0 aliphatic heterocycles. The van der Waals surface area contributed by atoms with Gasteiger partial charge in [-0.1, -0.05) is 6.92 Å². The minimum atomic E-state index is 0.312. The standard InChI is InChI=1S/C13H20N4/c1-4-10(8-14)12-16-11-6-5-7-15-13(11)17(12)9(2)3/h5-7,9-10H,4,8,14H2,1-3H3. The van der Waals surface area contributed by atoms with Crippen molar-refractivity contribution in [1.29, 1.82) is 0 Å². The van der Waals surface area contributed by atoms with Gasteiger partial charge in [-0.2, -0.15) is 0 Å². The van der Waals surface area contributed by atoms with Crippen LogP contribution in [0.25, 0.3) is 11.2 Å². The summed E-state index contributed by atoms with van der Waals surface area (Å²) in [6, 6.07) is 4.28. The van der Waals surface area contributed by atoms with E-state index in [1.807, 2.05) is 18.3 Å². The van der Waals surface area contributed by atoms with Gasteiger partial charge in [0.05, 0.1) is 0 Å².